The van der Waals surface area contributed by atoms with Gasteiger partial charge in [-0.15, -0.1) is 10.2 Å². The largest absolute Gasteiger partial charge is 0.502 e. The van der Waals surface area contributed by atoms with Crippen LogP contribution in [0.25, 0.3) is 22.1 Å². The zero-order valence-corrected chi connectivity index (χ0v) is 15.0. The van der Waals surface area contributed by atoms with Gasteiger partial charge in [0, 0.05) is 27.0 Å². The van der Waals surface area contributed by atoms with Crippen molar-refractivity contribution in [3.8, 4) is 5.75 Å². The fraction of sp³-hybridized carbons (Fsp3) is 0. The van der Waals surface area contributed by atoms with Gasteiger partial charge in [0.2, 0.25) is 5.75 Å². The van der Waals surface area contributed by atoms with Crippen LogP contribution in [0.2, 0.25) is 0 Å². The Kier molecular flexibility index (Phi) is 4.12. The van der Waals surface area contributed by atoms with E-state index in [9.17, 15) is 15.2 Å². The number of halogens is 1. The highest BCUT2D eigenvalue weighted by Gasteiger charge is 2.15. The van der Waals surface area contributed by atoms with Crippen LogP contribution in [0, 0.1) is 10.1 Å². The molecule has 0 aliphatic heterocycles. The van der Waals surface area contributed by atoms with Crippen LogP contribution in [0.5, 0.6) is 5.75 Å². The first-order chi connectivity index (χ1) is 13.0. The number of para-hydroxylation sites is 1. The van der Waals surface area contributed by atoms with Gasteiger partial charge in [0.15, 0.2) is 5.65 Å². The van der Waals surface area contributed by atoms with Gasteiger partial charge in [0.1, 0.15) is 5.52 Å². The quantitative estimate of drug-likeness (QED) is 0.257. The molecule has 27 heavy (non-hydrogen) atoms. The number of fused-ring (bicyclic) bond motifs is 3. The summed E-state index contributed by atoms with van der Waals surface area (Å²) in [6.07, 6.45) is 1.23. The minimum absolute atomic E-state index is 0.134. The number of nitro benzene ring substituents is 1. The third kappa shape index (κ3) is 3.15. The van der Waals surface area contributed by atoms with Crippen LogP contribution >= 0.6 is 15.9 Å². The molecule has 0 fully saturated rings. The van der Waals surface area contributed by atoms with E-state index in [0.29, 0.717) is 11.2 Å². The van der Waals surface area contributed by atoms with E-state index in [1.807, 2.05) is 18.2 Å². The topological polar surface area (TPSA) is 142 Å². The Morgan fingerprint density at radius 1 is 1.30 bits per heavy atom. The minimum Gasteiger partial charge on any atom is -0.502 e. The van der Waals surface area contributed by atoms with E-state index in [1.54, 1.807) is 0 Å². The molecule has 3 N–H and O–H groups in total. The molecular weight excluding hydrogens is 418 g/mol. The predicted molar refractivity (Wildman–Crippen MR) is 103 cm³/mol. The number of nitrogens with one attached hydrogen (secondary N) is 2. The summed E-state index contributed by atoms with van der Waals surface area (Å²) in [6.45, 7) is 0. The highest BCUT2D eigenvalue weighted by molar-refractivity contribution is 9.10. The van der Waals surface area contributed by atoms with E-state index in [0.717, 1.165) is 15.4 Å². The fourth-order valence-corrected chi connectivity index (χ4v) is 2.91. The number of hydrogen-bond donors (Lipinski definition) is 3. The molecule has 0 atom stereocenters. The van der Waals surface area contributed by atoms with E-state index in [2.05, 4.69) is 46.6 Å². The SMILES string of the molecule is O=[N+]([O-])c1cccc(C=NNc2nnc3c(n2)[nH]c2ccc(Br)cc23)c1O. The lowest BCUT2D eigenvalue weighted by molar-refractivity contribution is -0.385. The molecule has 10 nitrogen and oxygen atoms in total. The number of hydrazone groups is 1. The zero-order valence-electron chi connectivity index (χ0n) is 13.4. The Morgan fingerprint density at radius 2 is 2.15 bits per heavy atom. The number of phenols is 1. The Bertz CT molecular complexity index is 1220. The maximum Gasteiger partial charge on any atom is 0.311 e. The average Bonchev–Trinajstić information content (AvgIpc) is 3.00. The van der Waals surface area contributed by atoms with Gasteiger partial charge < -0.3 is 10.1 Å². The summed E-state index contributed by atoms with van der Waals surface area (Å²) in [7, 11) is 0. The second-order valence-electron chi connectivity index (χ2n) is 5.49. The van der Waals surface area contributed by atoms with Crippen LogP contribution in [0.15, 0.2) is 46.0 Å². The fourth-order valence-electron chi connectivity index (χ4n) is 2.55. The van der Waals surface area contributed by atoms with Gasteiger partial charge in [-0.3, -0.25) is 10.1 Å². The van der Waals surface area contributed by atoms with Crippen molar-refractivity contribution in [3.63, 3.8) is 0 Å². The van der Waals surface area contributed by atoms with Gasteiger partial charge in [-0.25, -0.2) is 5.43 Å². The van der Waals surface area contributed by atoms with Crippen molar-refractivity contribution in [1.82, 2.24) is 20.2 Å². The maximum atomic E-state index is 10.8. The molecule has 0 amide bonds. The molecule has 134 valence electrons. The van der Waals surface area contributed by atoms with Crippen molar-refractivity contribution in [1.29, 1.82) is 0 Å². The molecule has 4 rings (SSSR count). The Balaban J connectivity index is 1.61. The molecule has 0 spiro atoms. The van der Waals surface area contributed by atoms with Crippen molar-refractivity contribution in [3.05, 3.63) is 56.5 Å². The van der Waals surface area contributed by atoms with Gasteiger partial charge in [-0.05, 0) is 24.3 Å². The number of phenolic OH excluding ortho intramolecular Hbond substituents is 1. The molecule has 2 heterocycles. The number of rotatable bonds is 4. The van der Waals surface area contributed by atoms with Crippen LogP contribution in [0.3, 0.4) is 0 Å². The van der Waals surface area contributed by atoms with Crippen LogP contribution in [-0.2, 0) is 0 Å². The first kappa shape index (κ1) is 16.8. The summed E-state index contributed by atoms with van der Waals surface area (Å²) >= 11 is 3.42. The number of nitrogens with zero attached hydrogens (tertiary/aromatic N) is 5. The first-order valence-corrected chi connectivity index (χ1v) is 8.39. The minimum atomic E-state index is -0.671. The molecule has 4 aromatic rings. The smallest absolute Gasteiger partial charge is 0.311 e. The monoisotopic (exact) mass is 427 g/mol. The number of aromatic nitrogens is 4. The van der Waals surface area contributed by atoms with Gasteiger partial charge in [0.05, 0.1) is 11.1 Å². The van der Waals surface area contributed by atoms with Crippen LogP contribution < -0.4 is 5.43 Å². The Hall–Kier alpha value is -3.60. The second kappa shape index (κ2) is 6.61. The summed E-state index contributed by atoms with van der Waals surface area (Å²) in [5.74, 6) is -0.335. The number of hydrogen-bond acceptors (Lipinski definition) is 8. The van der Waals surface area contributed by atoms with Gasteiger partial charge >= 0.3 is 5.69 Å². The number of benzene rings is 2. The van der Waals surface area contributed by atoms with Gasteiger partial charge in [-0.2, -0.15) is 10.1 Å². The number of nitro groups is 1. The van der Waals surface area contributed by atoms with E-state index < -0.39 is 16.4 Å². The summed E-state index contributed by atoms with van der Waals surface area (Å²) < 4.78 is 0.918. The number of anilines is 1. The molecule has 0 saturated carbocycles. The molecule has 0 unspecified atom stereocenters. The normalized spacial score (nSPS) is 11.4. The van der Waals surface area contributed by atoms with Crippen LogP contribution in [0.1, 0.15) is 5.56 Å². The summed E-state index contributed by atoms with van der Waals surface area (Å²) in [6, 6.07) is 9.87. The standard InChI is InChI=1S/C16H10BrN7O3/c17-9-4-5-11-10(6-9)13-15(19-11)20-16(23-21-13)22-18-7-8-2-1-3-12(14(8)25)24(26)27/h1-7,25H,(H2,19,20,22,23). The zero-order chi connectivity index (χ0) is 19.0. The molecule has 0 saturated heterocycles. The lowest BCUT2D eigenvalue weighted by Crippen LogP contribution is -1.99. The molecule has 2 aromatic heterocycles. The number of H-pyrrole nitrogens is 1. The van der Waals surface area contributed by atoms with Crippen molar-refractivity contribution in [2.24, 2.45) is 5.10 Å². The van der Waals surface area contributed by atoms with Crippen molar-refractivity contribution >= 4 is 55.8 Å². The highest BCUT2D eigenvalue weighted by atomic mass is 79.9. The summed E-state index contributed by atoms with van der Waals surface area (Å²) in [4.78, 5) is 17.6. The number of aromatic hydroxyl groups is 1. The molecule has 0 bridgehead atoms. The van der Waals surface area contributed by atoms with Crippen molar-refractivity contribution < 1.29 is 10.0 Å². The molecular formula is C16H10BrN7O3. The second-order valence-corrected chi connectivity index (χ2v) is 6.41. The first-order valence-electron chi connectivity index (χ1n) is 7.60. The lowest BCUT2D eigenvalue weighted by atomic mass is 10.2. The molecule has 0 aliphatic carbocycles. The summed E-state index contributed by atoms with van der Waals surface area (Å²) in [5.41, 5.74) is 4.40. The average molecular weight is 428 g/mol. The van der Waals surface area contributed by atoms with Crippen molar-refractivity contribution in [2.75, 3.05) is 5.43 Å². The number of aromatic amines is 1. The lowest BCUT2D eigenvalue weighted by Gasteiger charge is -2.00. The summed E-state index contributed by atoms with van der Waals surface area (Å²) in [5, 5.41) is 33.6. The third-order valence-electron chi connectivity index (χ3n) is 3.79. The highest BCUT2D eigenvalue weighted by Crippen LogP contribution is 2.28. The van der Waals surface area contributed by atoms with E-state index in [-0.39, 0.29) is 11.5 Å². The van der Waals surface area contributed by atoms with E-state index in [1.165, 1.54) is 24.4 Å². The molecule has 0 radical (unpaired) electrons. The Labute approximate surface area is 159 Å². The molecule has 0 aliphatic rings. The Morgan fingerprint density at radius 3 is 2.96 bits per heavy atom. The third-order valence-corrected chi connectivity index (χ3v) is 4.28. The molecule has 2 aromatic carbocycles. The molecule has 11 heteroatoms. The van der Waals surface area contributed by atoms with Crippen LogP contribution in [-0.4, -0.2) is 36.4 Å². The van der Waals surface area contributed by atoms with Crippen LogP contribution in [0.4, 0.5) is 11.6 Å². The van der Waals surface area contributed by atoms with E-state index in [4.69, 9.17) is 0 Å². The van der Waals surface area contributed by atoms with Crippen molar-refractivity contribution in [2.45, 2.75) is 0 Å². The van der Waals surface area contributed by atoms with E-state index >= 15 is 0 Å². The maximum absolute atomic E-state index is 10.8. The van der Waals surface area contributed by atoms with Gasteiger partial charge in [0.25, 0.3) is 5.95 Å². The predicted octanol–water partition coefficient (Wildman–Crippen LogP) is 3.33. The van der Waals surface area contributed by atoms with Gasteiger partial charge in [-0.1, -0.05) is 22.0 Å².